The second-order valence-electron chi connectivity index (χ2n) is 7.34. The molecule has 1 N–H and O–H groups in total. The molecule has 0 atom stereocenters. The molecular weight excluding hydrogens is 354 g/mol. The van der Waals surface area contributed by atoms with E-state index in [1.807, 2.05) is 36.1 Å². The van der Waals surface area contributed by atoms with Crippen molar-refractivity contribution in [3.05, 3.63) is 65.2 Å². The molecule has 2 aliphatic heterocycles. The quantitative estimate of drug-likeness (QED) is 0.894. The highest BCUT2D eigenvalue weighted by Crippen LogP contribution is 2.29. The molecule has 2 heterocycles. The van der Waals surface area contributed by atoms with E-state index in [4.69, 9.17) is 9.73 Å². The van der Waals surface area contributed by atoms with Crippen LogP contribution in [0.3, 0.4) is 0 Å². The van der Waals surface area contributed by atoms with E-state index in [0.29, 0.717) is 37.2 Å². The van der Waals surface area contributed by atoms with Crippen molar-refractivity contribution in [1.29, 1.82) is 0 Å². The van der Waals surface area contributed by atoms with Gasteiger partial charge in [-0.25, -0.2) is 0 Å². The number of rotatable bonds is 3. The van der Waals surface area contributed by atoms with Crippen molar-refractivity contribution < 1.29 is 14.3 Å². The lowest BCUT2D eigenvalue weighted by molar-refractivity contribution is -0.115. The molecule has 2 aromatic rings. The van der Waals surface area contributed by atoms with E-state index >= 15 is 0 Å². The summed E-state index contributed by atoms with van der Waals surface area (Å²) in [6, 6.07) is 14.9. The zero-order valence-electron chi connectivity index (χ0n) is 16.1. The summed E-state index contributed by atoms with van der Waals surface area (Å²) in [4.78, 5) is 31.9. The van der Waals surface area contributed by atoms with Gasteiger partial charge in [0.1, 0.15) is 17.1 Å². The number of carbonyl (C=O) groups is 2. The number of methoxy groups -OCH3 is 1. The fourth-order valence-corrected chi connectivity index (χ4v) is 3.78. The van der Waals surface area contributed by atoms with E-state index in [1.54, 1.807) is 31.4 Å². The van der Waals surface area contributed by atoms with E-state index in [-0.39, 0.29) is 11.8 Å². The van der Waals surface area contributed by atoms with Gasteiger partial charge in [0, 0.05) is 37.1 Å². The molecule has 4 rings (SSSR count). The molecule has 2 aromatic carbocycles. The molecule has 1 saturated heterocycles. The molecule has 0 radical (unpaired) electrons. The van der Waals surface area contributed by atoms with Crippen molar-refractivity contribution in [2.24, 2.45) is 4.99 Å². The number of carbonyl (C=O) groups excluding carboxylic acids is 2. The molecule has 0 saturated carbocycles. The van der Waals surface area contributed by atoms with Gasteiger partial charge in [-0.15, -0.1) is 0 Å². The third-order valence-electron chi connectivity index (χ3n) is 5.39. The smallest absolute Gasteiger partial charge is 0.272 e. The van der Waals surface area contributed by atoms with Crippen LogP contribution in [0.4, 0.5) is 0 Å². The number of aryl methyl sites for hydroxylation is 1. The van der Waals surface area contributed by atoms with Gasteiger partial charge < -0.3 is 15.0 Å². The van der Waals surface area contributed by atoms with Gasteiger partial charge in [0.15, 0.2) is 0 Å². The van der Waals surface area contributed by atoms with Crippen molar-refractivity contribution >= 4 is 17.5 Å². The number of hydrogen-bond acceptors (Lipinski definition) is 4. The van der Waals surface area contributed by atoms with Gasteiger partial charge in [0.2, 0.25) is 0 Å². The molecule has 1 fully saturated rings. The number of nitrogens with zero attached hydrogens (tertiary/aromatic N) is 2. The summed E-state index contributed by atoms with van der Waals surface area (Å²) in [6.45, 7) is 3.10. The van der Waals surface area contributed by atoms with Crippen LogP contribution in [0.1, 0.15) is 34.3 Å². The summed E-state index contributed by atoms with van der Waals surface area (Å²) < 4.78 is 5.14. The molecule has 144 valence electrons. The van der Waals surface area contributed by atoms with Gasteiger partial charge in [0.05, 0.1) is 7.11 Å². The van der Waals surface area contributed by atoms with Crippen LogP contribution in [-0.2, 0) is 4.79 Å². The van der Waals surface area contributed by atoms with E-state index in [2.05, 4.69) is 5.32 Å². The highest BCUT2D eigenvalue weighted by atomic mass is 16.5. The van der Waals surface area contributed by atoms with Crippen molar-refractivity contribution in [3.63, 3.8) is 0 Å². The molecule has 6 nitrogen and oxygen atoms in total. The van der Waals surface area contributed by atoms with Crippen LogP contribution in [0.5, 0.6) is 5.75 Å². The molecule has 0 aromatic heterocycles. The Hall–Kier alpha value is -3.15. The Kier molecular flexibility index (Phi) is 4.63. The minimum absolute atomic E-state index is 0.00952. The number of piperidine rings is 1. The van der Waals surface area contributed by atoms with Crippen LogP contribution >= 0.6 is 0 Å². The molecule has 0 bridgehead atoms. The summed E-state index contributed by atoms with van der Waals surface area (Å²) in [7, 11) is 1.60. The van der Waals surface area contributed by atoms with Crippen LogP contribution in [-0.4, -0.2) is 48.3 Å². The first-order valence-corrected chi connectivity index (χ1v) is 9.42. The second kappa shape index (κ2) is 7.11. The lowest BCUT2D eigenvalue weighted by atomic mass is 9.97. The molecule has 28 heavy (non-hydrogen) atoms. The number of amides is 2. The zero-order chi connectivity index (χ0) is 19.7. The monoisotopic (exact) mass is 377 g/mol. The largest absolute Gasteiger partial charge is 0.497 e. The predicted octanol–water partition coefficient (Wildman–Crippen LogP) is 2.56. The lowest BCUT2D eigenvalue weighted by Gasteiger charge is -2.37. The van der Waals surface area contributed by atoms with Gasteiger partial charge in [-0.3, -0.25) is 14.6 Å². The van der Waals surface area contributed by atoms with Crippen LogP contribution in [0.25, 0.3) is 0 Å². The Morgan fingerprint density at radius 1 is 1.14 bits per heavy atom. The van der Waals surface area contributed by atoms with Gasteiger partial charge in [-0.2, -0.15) is 0 Å². The van der Waals surface area contributed by atoms with Crippen LogP contribution in [0.2, 0.25) is 0 Å². The average molecular weight is 377 g/mol. The second-order valence-corrected chi connectivity index (χ2v) is 7.34. The zero-order valence-corrected chi connectivity index (χ0v) is 16.1. The number of ether oxygens (including phenoxy) is 1. The third-order valence-corrected chi connectivity index (χ3v) is 5.39. The fourth-order valence-electron chi connectivity index (χ4n) is 3.78. The molecular formula is C22H23N3O3. The van der Waals surface area contributed by atoms with Crippen molar-refractivity contribution in [3.8, 4) is 5.75 Å². The van der Waals surface area contributed by atoms with E-state index in [1.165, 1.54) is 0 Å². The van der Waals surface area contributed by atoms with Crippen molar-refractivity contribution in [2.75, 3.05) is 20.2 Å². The number of benzene rings is 2. The van der Waals surface area contributed by atoms with Crippen molar-refractivity contribution in [1.82, 2.24) is 10.2 Å². The topological polar surface area (TPSA) is 71.0 Å². The maximum absolute atomic E-state index is 12.8. The average Bonchev–Trinajstić information content (AvgIpc) is 3.04. The fraction of sp³-hybridized carbons (Fsp3) is 0.318. The first-order chi connectivity index (χ1) is 13.5. The molecule has 0 unspecified atom stereocenters. The summed E-state index contributed by atoms with van der Waals surface area (Å²) in [5, 5.41) is 3.05. The molecule has 6 heteroatoms. The third kappa shape index (κ3) is 3.38. The van der Waals surface area contributed by atoms with Gasteiger partial charge in [0.25, 0.3) is 11.8 Å². The maximum Gasteiger partial charge on any atom is 0.272 e. The molecule has 1 spiro atoms. The summed E-state index contributed by atoms with van der Waals surface area (Å²) in [5.41, 5.74) is 2.45. The highest BCUT2D eigenvalue weighted by Gasteiger charge is 2.42. The summed E-state index contributed by atoms with van der Waals surface area (Å²) in [6.07, 6.45) is 1.21. The van der Waals surface area contributed by atoms with Crippen molar-refractivity contribution in [2.45, 2.75) is 25.4 Å². The van der Waals surface area contributed by atoms with Crippen LogP contribution < -0.4 is 10.1 Å². The standard InChI is InChI=1S/C22H23N3O3/c1-15-4-3-5-17(14-15)19-20(26)24-22(23-19)10-12-25(13-11-22)21(27)16-6-8-18(28-2)9-7-16/h3-9,14H,10-13H2,1-2H3,(H,24,26). The van der Waals surface area contributed by atoms with Gasteiger partial charge >= 0.3 is 0 Å². The number of nitrogens with one attached hydrogen (secondary N) is 1. The molecule has 2 amide bonds. The Bertz CT molecular complexity index is 942. The van der Waals surface area contributed by atoms with Crippen LogP contribution in [0, 0.1) is 6.92 Å². The van der Waals surface area contributed by atoms with Gasteiger partial charge in [-0.05, 0) is 37.3 Å². The lowest BCUT2D eigenvalue weighted by Crippen LogP contribution is -2.52. The molecule has 0 aliphatic carbocycles. The normalized spacial score (nSPS) is 18.0. The maximum atomic E-state index is 12.8. The Labute approximate surface area is 164 Å². The number of likely N-dealkylation sites (tertiary alicyclic amines) is 1. The SMILES string of the molecule is COc1ccc(C(=O)N2CCC3(CC2)N=C(c2cccc(C)c2)C(=O)N3)cc1. The number of aliphatic imine (C=N–C) groups is 1. The minimum atomic E-state index is -0.604. The number of hydrogen-bond donors (Lipinski definition) is 1. The Morgan fingerprint density at radius 2 is 1.86 bits per heavy atom. The van der Waals surface area contributed by atoms with E-state index in [9.17, 15) is 9.59 Å². The Balaban J connectivity index is 1.47. The van der Waals surface area contributed by atoms with E-state index in [0.717, 1.165) is 16.9 Å². The summed E-state index contributed by atoms with van der Waals surface area (Å²) in [5.74, 6) is 0.575. The Morgan fingerprint density at radius 3 is 2.50 bits per heavy atom. The summed E-state index contributed by atoms with van der Waals surface area (Å²) >= 11 is 0. The van der Waals surface area contributed by atoms with E-state index < -0.39 is 5.66 Å². The van der Waals surface area contributed by atoms with Gasteiger partial charge in [-0.1, -0.05) is 23.8 Å². The minimum Gasteiger partial charge on any atom is -0.497 e. The highest BCUT2D eigenvalue weighted by molar-refractivity contribution is 6.46. The first kappa shape index (κ1) is 18.2. The predicted molar refractivity (Wildman–Crippen MR) is 107 cm³/mol. The molecule has 2 aliphatic rings. The first-order valence-electron chi connectivity index (χ1n) is 9.42. The van der Waals surface area contributed by atoms with Crippen LogP contribution in [0.15, 0.2) is 53.5 Å².